The molecule has 0 atom stereocenters. The van der Waals surface area contributed by atoms with Crippen LogP contribution in [0, 0.1) is 13.8 Å². The molecule has 0 saturated heterocycles. The van der Waals surface area contributed by atoms with Crippen molar-refractivity contribution in [3.05, 3.63) is 34.4 Å². The number of amides is 2. The Kier molecular flexibility index (Phi) is 3.09. The van der Waals surface area contributed by atoms with E-state index in [0.717, 1.165) is 11.1 Å². The molecule has 80 valence electrons. The zero-order chi connectivity index (χ0) is 11.6. The highest BCUT2D eigenvalue weighted by atomic mass is 16.2. The largest absolute Gasteiger partial charge is 0.366 e. The maximum Gasteiger partial charge on any atom is 0.252 e. The summed E-state index contributed by atoms with van der Waals surface area (Å²) in [6.45, 7) is 3.68. The summed E-state index contributed by atoms with van der Waals surface area (Å²) in [7, 11) is 1.52. The molecule has 0 aliphatic heterocycles. The van der Waals surface area contributed by atoms with E-state index < -0.39 is 5.91 Å². The summed E-state index contributed by atoms with van der Waals surface area (Å²) < 4.78 is 0. The number of carbonyl (C=O) groups excluding carboxylic acids is 2. The second kappa shape index (κ2) is 4.13. The summed E-state index contributed by atoms with van der Waals surface area (Å²) in [5.41, 5.74) is 7.57. The van der Waals surface area contributed by atoms with Crippen molar-refractivity contribution in [3.63, 3.8) is 0 Å². The number of rotatable bonds is 2. The molecule has 0 radical (unpaired) electrons. The standard InChI is InChI=1S/C11H14N2O2/c1-6-4-5-8(10(12)14)9(7(6)2)11(15)13-3/h4-5H,1-3H3,(H2,12,14)(H,13,15). The molecule has 0 heterocycles. The van der Waals surface area contributed by atoms with Gasteiger partial charge in [0.1, 0.15) is 0 Å². The Labute approximate surface area is 88.5 Å². The van der Waals surface area contributed by atoms with Gasteiger partial charge in [0.05, 0.1) is 11.1 Å². The van der Waals surface area contributed by atoms with Crippen molar-refractivity contribution in [2.24, 2.45) is 5.73 Å². The van der Waals surface area contributed by atoms with Gasteiger partial charge in [-0.3, -0.25) is 9.59 Å². The Morgan fingerprint density at radius 2 is 1.87 bits per heavy atom. The van der Waals surface area contributed by atoms with Gasteiger partial charge in [-0.15, -0.1) is 0 Å². The molecule has 0 aromatic heterocycles. The molecule has 0 unspecified atom stereocenters. The van der Waals surface area contributed by atoms with E-state index >= 15 is 0 Å². The van der Waals surface area contributed by atoms with Crippen molar-refractivity contribution in [2.75, 3.05) is 7.05 Å². The molecule has 0 aliphatic rings. The lowest BCUT2D eigenvalue weighted by molar-refractivity contribution is 0.0942. The Bertz CT molecular complexity index is 425. The van der Waals surface area contributed by atoms with Crippen LogP contribution in [-0.4, -0.2) is 18.9 Å². The van der Waals surface area contributed by atoms with E-state index in [9.17, 15) is 9.59 Å². The van der Waals surface area contributed by atoms with E-state index in [1.165, 1.54) is 7.05 Å². The van der Waals surface area contributed by atoms with Crippen LogP contribution < -0.4 is 11.1 Å². The Morgan fingerprint density at radius 1 is 1.27 bits per heavy atom. The van der Waals surface area contributed by atoms with Crippen molar-refractivity contribution in [1.29, 1.82) is 0 Å². The number of nitrogens with one attached hydrogen (secondary N) is 1. The molecule has 1 rings (SSSR count). The van der Waals surface area contributed by atoms with Crippen LogP contribution in [0.2, 0.25) is 0 Å². The number of hydrogen-bond donors (Lipinski definition) is 2. The Morgan fingerprint density at radius 3 is 2.33 bits per heavy atom. The summed E-state index contributed by atoms with van der Waals surface area (Å²) in [5.74, 6) is -0.873. The summed E-state index contributed by atoms with van der Waals surface area (Å²) in [6, 6.07) is 3.36. The molecule has 1 aromatic rings. The number of carbonyl (C=O) groups is 2. The molecule has 3 N–H and O–H groups in total. The Hall–Kier alpha value is -1.84. The van der Waals surface area contributed by atoms with Gasteiger partial charge < -0.3 is 11.1 Å². The van der Waals surface area contributed by atoms with Gasteiger partial charge in [0, 0.05) is 7.05 Å². The smallest absolute Gasteiger partial charge is 0.252 e. The van der Waals surface area contributed by atoms with Gasteiger partial charge in [0.2, 0.25) is 5.91 Å². The topological polar surface area (TPSA) is 72.2 Å². The van der Waals surface area contributed by atoms with E-state index in [1.54, 1.807) is 19.1 Å². The number of nitrogens with two attached hydrogens (primary N) is 1. The van der Waals surface area contributed by atoms with Crippen LogP contribution in [0.25, 0.3) is 0 Å². The fourth-order valence-electron chi connectivity index (χ4n) is 1.44. The minimum absolute atomic E-state index is 0.262. The fraction of sp³-hybridized carbons (Fsp3) is 0.273. The number of hydrogen-bond acceptors (Lipinski definition) is 2. The average molecular weight is 206 g/mol. The van der Waals surface area contributed by atoms with Crippen molar-refractivity contribution in [1.82, 2.24) is 5.32 Å². The van der Waals surface area contributed by atoms with E-state index in [1.807, 2.05) is 6.92 Å². The van der Waals surface area contributed by atoms with Gasteiger partial charge in [-0.1, -0.05) is 6.07 Å². The van der Waals surface area contributed by atoms with Gasteiger partial charge in [0.25, 0.3) is 5.91 Å². The van der Waals surface area contributed by atoms with Crippen molar-refractivity contribution < 1.29 is 9.59 Å². The molecule has 15 heavy (non-hydrogen) atoms. The monoisotopic (exact) mass is 206 g/mol. The highest BCUT2D eigenvalue weighted by Gasteiger charge is 2.17. The minimum atomic E-state index is -0.586. The van der Waals surface area contributed by atoms with Crippen LogP contribution in [0.15, 0.2) is 12.1 Å². The zero-order valence-corrected chi connectivity index (χ0v) is 9.05. The maximum absolute atomic E-state index is 11.6. The molecule has 0 bridgehead atoms. The molecule has 1 aromatic carbocycles. The van der Waals surface area contributed by atoms with E-state index in [2.05, 4.69) is 5.32 Å². The first-order chi connectivity index (χ1) is 6.99. The number of primary amides is 1. The van der Waals surface area contributed by atoms with E-state index in [4.69, 9.17) is 5.73 Å². The van der Waals surface area contributed by atoms with Crippen LogP contribution in [0.1, 0.15) is 31.8 Å². The van der Waals surface area contributed by atoms with Crippen molar-refractivity contribution in [2.45, 2.75) is 13.8 Å². The molecular weight excluding hydrogens is 192 g/mol. The zero-order valence-electron chi connectivity index (χ0n) is 9.05. The first-order valence-electron chi connectivity index (χ1n) is 4.61. The lowest BCUT2D eigenvalue weighted by Crippen LogP contribution is -2.25. The Balaban J connectivity index is 3.48. The lowest BCUT2D eigenvalue weighted by Gasteiger charge is -2.11. The third kappa shape index (κ3) is 1.98. The molecule has 2 amide bonds. The van der Waals surface area contributed by atoms with Gasteiger partial charge in [-0.25, -0.2) is 0 Å². The molecule has 4 heteroatoms. The molecule has 0 fully saturated rings. The molecular formula is C11H14N2O2. The van der Waals surface area contributed by atoms with Crippen LogP contribution in [0.3, 0.4) is 0 Å². The summed E-state index contributed by atoms with van der Waals surface area (Å²) in [6.07, 6.45) is 0. The number of aryl methyl sites for hydroxylation is 1. The van der Waals surface area contributed by atoms with E-state index in [-0.39, 0.29) is 11.5 Å². The van der Waals surface area contributed by atoms with Gasteiger partial charge in [0.15, 0.2) is 0 Å². The SMILES string of the molecule is CNC(=O)c1c(C(N)=O)ccc(C)c1C. The van der Waals surface area contributed by atoms with E-state index in [0.29, 0.717) is 5.56 Å². The maximum atomic E-state index is 11.6. The summed E-state index contributed by atoms with van der Waals surface area (Å²) in [4.78, 5) is 22.7. The quantitative estimate of drug-likeness (QED) is 0.749. The highest BCUT2D eigenvalue weighted by molar-refractivity contribution is 6.07. The fourth-order valence-corrected chi connectivity index (χ4v) is 1.44. The van der Waals surface area contributed by atoms with Gasteiger partial charge in [-0.2, -0.15) is 0 Å². The molecule has 0 spiro atoms. The first kappa shape index (κ1) is 11.2. The summed E-state index contributed by atoms with van der Waals surface area (Å²) in [5, 5.41) is 2.50. The molecule has 0 aliphatic carbocycles. The third-order valence-corrected chi connectivity index (χ3v) is 2.46. The van der Waals surface area contributed by atoms with Gasteiger partial charge >= 0.3 is 0 Å². The highest BCUT2D eigenvalue weighted by Crippen LogP contribution is 2.17. The van der Waals surface area contributed by atoms with Crippen LogP contribution in [-0.2, 0) is 0 Å². The average Bonchev–Trinajstić information content (AvgIpc) is 2.20. The number of benzene rings is 1. The van der Waals surface area contributed by atoms with Crippen LogP contribution >= 0.6 is 0 Å². The predicted molar refractivity (Wildman–Crippen MR) is 57.8 cm³/mol. The minimum Gasteiger partial charge on any atom is -0.366 e. The van der Waals surface area contributed by atoms with Crippen molar-refractivity contribution in [3.8, 4) is 0 Å². The lowest BCUT2D eigenvalue weighted by atomic mass is 9.96. The third-order valence-electron chi connectivity index (χ3n) is 2.46. The van der Waals surface area contributed by atoms with Gasteiger partial charge in [-0.05, 0) is 31.0 Å². The normalized spacial score (nSPS) is 9.80. The molecule has 0 saturated carbocycles. The van der Waals surface area contributed by atoms with Crippen molar-refractivity contribution >= 4 is 11.8 Å². The van der Waals surface area contributed by atoms with Crippen LogP contribution in [0.4, 0.5) is 0 Å². The predicted octanol–water partition coefficient (Wildman–Crippen LogP) is 0.762. The van der Waals surface area contributed by atoms with Crippen LogP contribution in [0.5, 0.6) is 0 Å². The second-order valence-corrected chi connectivity index (χ2v) is 3.37. The summed E-state index contributed by atoms with van der Waals surface area (Å²) >= 11 is 0. The first-order valence-corrected chi connectivity index (χ1v) is 4.61. The molecule has 4 nitrogen and oxygen atoms in total. The second-order valence-electron chi connectivity index (χ2n) is 3.37.